The predicted molar refractivity (Wildman–Crippen MR) is 95.4 cm³/mol. The Morgan fingerprint density at radius 2 is 1.96 bits per heavy atom. The number of rotatable bonds is 6. The van der Waals surface area contributed by atoms with Gasteiger partial charge in [-0.25, -0.2) is 0 Å². The molecule has 1 saturated carbocycles. The molecule has 0 unspecified atom stereocenters. The lowest BCUT2D eigenvalue weighted by molar-refractivity contribution is -0.132. The molecular formula is C18H27ClN2O3. The highest BCUT2D eigenvalue weighted by atomic mass is 35.5. The van der Waals surface area contributed by atoms with Crippen LogP contribution in [-0.4, -0.2) is 30.8 Å². The maximum absolute atomic E-state index is 12.2. The van der Waals surface area contributed by atoms with Gasteiger partial charge in [0.15, 0.2) is 0 Å². The lowest BCUT2D eigenvalue weighted by Gasteiger charge is -2.17. The lowest BCUT2D eigenvalue weighted by Crippen LogP contribution is -2.35. The minimum atomic E-state index is -0.369. The minimum absolute atomic E-state index is 0. The third-order valence-corrected chi connectivity index (χ3v) is 4.68. The topological polar surface area (TPSA) is 73.6 Å². The molecule has 3 N–H and O–H groups in total. The van der Waals surface area contributed by atoms with Crippen LogP contribution in [-0.2, 0) is 16.1 Å². The summed E-state index contributed by atoms with van der Waals surface area (Å²) in [5.74, 6) is 0.823. The molecule has 1 aromatic carbocycles. The predicted octanol–water partition coefficient (Wildman–Crippen LogP) is 2.55. The first kappa shape index (κ1) is 19.0. The largest absolute Gasteiger partial charge is 0.490 e. The molecule has 1 aliphatic carbocycles. The zero-order valence-corrected chi connectivity index (χ0v) is 14.7. The van der Waals surface area contributed by atoms with E-state index in [1.165, 1.54) is 12.8 Å². The lowest BCUT2D eigenvalue weighted by atomic mass is 10.1. The van der Waals surface area contributed by atoms with Gasteiger partial charge in [-0.05, 0) is 44.6 Å². The van der Waals surface area contributed by atoms with Crippen LogP contribution in [0.1, 0.15) is 44.1 Å². The molecule has 0 bridgehead atoms. The summed E-state index contributed by atoms with van der Waals surface area (Å²) in [6, 6.07) is 7.93. The fourth-order valence-electron chi connectivity index (χ4n) is 3.32. The molecule has 5 nitrogen and oxygen atoms in total. The molecule has 24 heavy (non-hydrogen) atoms. The first-order valence-electron chi connectivity index (χ1n) is 8.64. The number of halogens is 1. The number of hydrogen-bond donors (Lipinski definition) is 2. The Hall–Kier alpha value is -1.30. The smallest absolute Gasteiger partial charge is 0.249 e. The quantitative estimate of drug-likeness (QED) is 0.823. The standard InChI is InChI=1S/C18H26N2O3.ClH/c19-11-15-9-10-17(23-15)18(21)20-12-13-5-1-4-8-16(13)22-14-6-2-3-7-14;/h1,4-5,8,14-15,17H,2-3,6-7,9-12,19H2,(H,20,21);1H/t15-,17+;/m1./s1. The van der Waals surface area contributed by atoms with Crippen LogP contribution in [0.2, 0.25) is 0 Å². The third kappa shape index (κ3) is 4.85. The molecule has 0 aromatic heterocycles. The number of nitrogens with one attached hydrogen (secondary N) is 1. The summed E-state index contributed by atoms with van der Waals surface area (Å²) in [7, 11) is 0. The zero-order valence-electron chi connectivity index (χ0n) is 13.9. The summed E-state index contributed by atoms with van der Waals surface area (Å²) < 4.78 is 11.7. The van der Waals surface area contributed by atoms with Crippen molar-refractivity contribution in [3.63, 3.8) is 0 Å². The molecule has 2 atom stereocenters. The van der Waals surface area contributed by atoms with Crippen molar-refractivity contribution in [1.82, 2.24) is 5.32 Å². The molecule has 1 amide bonds. The number of amides is 1. The molecular weight excluding hydrogens is 328 g/mol. The van der Waals surface area contributed by atoms with E-state index >= 15 is 0 Å². The Morgan fingerprint density at radius 1 is 1.21 bits per heavy atom. The Balaban J connectivity index is 0.00000208. The van der Waals surface area contributed by atoms with Gasteiger partial charge >= 0.3 is 0 Å². The van der Waals surface area contributed by atoms with E-state index in [9.17, 15) is 4.79 Å². The third-order valence-electron chi connectivity index (χ3n) is 4.68. The molecule has 3 rings (SSSR count). The minimum Gasteiger partial charge on any atom is -0.490 e. The first-order valence-corrected chi connectivity index (χ1v) is 8.64. The van der Waals surface area contributed by atoms with Gasteiger partial charge in [-0.15, -0.1) is 12.4 Å². The van der Waals surface area contributed by atoms with Crippen molar-refractivity contribution in [2.75, 3.05) is 6.54 Å². The highest BCUT2D eigenvalue weighted by molar-refractivity contribution is 5.85. The molecule has 6 heteroatoms. The molecule has 0 radical (unpaired) electrons. The number of ether oxygens (including phenoxy) is 2. The van der Waals surface area contributed by atoms with Crippen LogP contribution in [0.4, 0.5) is 0 Å². The number of hydrogen-bond acceptors (Lipinski definition) is 4. The van der Waals surface area contributed by atoms with E-state index < -0.39 is 0 Å². The van der Waals surface area contributed by atoms with E-state index in [-0.39, 0.29) is 30.5 Å². The van der Waals surface area contributed by atoms with Crippen LogP contribution < -0.4 is 15.8 Å². The summed E-state index contributed by atoms with van der Waals surface area (Å²) in [5, 5.41) is 2.97. The van der Waals surface area contributed by atoms with E-state index in [0.29, 0.717) is 19.2 Å². The number of carbonyl (C=O) groups excluding carboxylic acids is 1. The second-order valence-corrected chi connectivity index (χ2v) is 6.41. The Morgan fingerprint density at radius 3 is 2.67 bits per heavy atom. The van der Waals surface area contributed by atoms with Gasteiger partial charge in [0.1, 0.15) is 11.9 Å². The van der Waals surface area contributed by atoms with E-state index in [4.69, 9.17) is 15.2 Å². The van der Waals surface area contributed by atoms with Crippen LogP contribution in [0.25, 0.3) is 0 Å². The molecule has 0 spiro atoms. The first-order chi connectivity index (χ1) is 11.3. The molecule has 1 saturated heterocycles. The monoisotopic (exact) mass is 354 g/mol. The number of carbonyl (C=O) groups is 1. The molecule has 134 valence electrons. The van der Waals surface area contributed by atoms with Crippen molar-refractivity contribution in [1.29, 1.82) is 0 Å². The van der Waals surface area contributed by atoms with Crippen LogP contribution in [0.5, 0.6) is 5.75 Å². The van der Waals surface area contributed by atoms with Crippen molar-refractivity contribution in [2.24, 2.45) is 5.73 Å². The fraction of sp³-hybridized carbons (Fsp3) is 0.611. The average molecular weight is 355 g/mol. The molecule has 1 aromatic rings. The summed E-state index contributed by atoms with van der Waals surface area (Å²) in [4.78, 5) is 12.2. The van der Waals surface area contributed by atoms with Gasteiger partial charge in [-0.2, -0.15) is 0 Å². The second kappa shape index (κ2) is 9.25. The molecule has 1 heterocycles. The van der Waals surface area contributed by atoms with Gasteiger partial charge in [0.05, 0.1) is 12.2 Å². The van der Waals surface area contributed by atoms with E-state index in [2.05, 4.69) is 5.32 Å². The summed E-state index contributed by atoms with van der Waals surface area (Å²) >= 11 is 0. The fourth-order valence-corrected chi connectivity index (χ4v) is 3.32. The highest BCUT2D eigenvalue weighted by Crippen LogP contribution is 2.26. The molecule has 2 aliphatic rings. The number of benzene rings is 1. The van der Waals surface area contributed by atoms with Gasteiger partial charge < -0.3 is 20.5 Å². The van der Waals surface area contributed by atoms with Gasteiger partial charge in [0.25, 0.3) is 0 Å². The molecule has 1 aliphatic heterocycles. The van der Waals surface area contributed by atoms with E-state index in [0.717, 1.165) is 37.0 Å². The number of nitrogens with two attached hydrogens (primary N) is 1. The Bertz CT molecular complexity index is 535. The van der Waals surface area contributed by atoms with Crippen LogP contribution in [0, 0.1) is 0 Å². The summed E-state index contributed by atoms with van der Waals surface area (Å²) in [5.41, 5.74) is 6.60. The number of para-hydroxylation sites is 1. The maximum Gasteiger partial charge on any atom is 0.249 e. The SMILES string of the molecule is Cl.NC[C@H]1CC[C@@H](C(=O)NCc2ccccc2OC2CCCC2)O1. The van der Waals surface area contributed by atoms with Crippen LogP contribution in [0.3, 0.4) is 0 Å². The van der Waals surface area contributed by atoms with Crippen molar-refractivity contribution in [3.05, 3.63) is 29.8 Å². The van der Waals surface area contributed by atoms with Crippen LogP contribution in [0.15, 0.2) is 24.3 Å². The second-order valence-electron chi connectivity index (χ2n) is 6.41. The van der Waals surface area contributed by atoms with Gasteiger partial charge in [-0.3, -0.25) is 4.79 Å². The normalized spacial score (nSPS) is 23.7. The van der Waals surface area contributed by atoms with Gasteiger partial charge in [0, 0.05) is 18.7 Å². The Kier molecular flexibility index (Phi) is 7.34. The molecule has 2 fully saturated rings. The van der Waals surface area contributed by atoms with E-state index in [1.54, 1.807) is 0 Å². The summed E-state index contributed by atoms with van der Waals surface area (Å²) in [6.45, 7) is 0.941. The summed E-state index contributed by atoms with van der Waals surface area (Å²) in [6.07, 6.45) is 6.29. The van der Waals surface area contributed by atoms with Crippen molar-refractivity contribution in [2.45, 2.75) is 63.4 Å². The van der Waals surface area contributed by atoms with E-state index in [1.807, 2.05) is 24.3 Å². The highest BCUT2D eigenvalue weighted by Gasteiger charge is 2.29. The van der Waals surface area contributed by atoms with Crippen molar-refractivity contribution < 1.29 is 14.3 Å². The van der Waals surface area contributed by atoms with Gasteiger partial charge in [0.2, 0.25) is 5.91 Å². The van der Waals surface area contributed by atoms with Crippen molar-refractivity contribution >= 4 is 18.3 Å². The van der Waals surface area contributed by atoms with Gasteiger partial charge in [-0.1, -0.05) is 18.2 Å². The van der Waals surface area contributed by atoms with Crippen molar-refractivity contribution in [3.8, 4) is 5.75 Å². The Labute approximate surface area is 149 Å². The maximum atomic E-state index is 12.2. The van der Waals surface area contributed by atoms with Crippen LogP contribution >= 0.6 is 12.4 Å². The average Bonchev–Trinajstić information content (AvgIpc) is 3.25. The zero-order chi connectivity index (χ0) is 16.1.